The summed E-state index contributed by atoms with van der Waals surface area (Å²) in [5, 5.41) is 12.6. The second-order valence-corrected chi connectivity index (χ2v) is 6.10. The van der Waals surface area contributed by atoms with Crippen LogP contribution < -0.4 is 5.32 Å². The number of hydrogen-bond donors (Lipinski definition) is 2. The van der Waals surface area contributed by atoms with E-state index in [2.05, 4.69) is 26.1 Å². The van der Waals surface area contributed by atoms with Gasteiger partial charge in [-0.3, -0.25) is 4.79 Å². The molecule has 2 N–H and O–H groups in total. The van der Waals surface area contributed by atoms with E-state index in [1.807, 2.05) is 0 Å². The van der Waals surface area contributed by atoms with Crippen molar-refractivity contribution in [1.82, 2.24) is 5.32 Å². The summed E-state index contributed by atoms with van der Waals surface area (Å²) in [4.78, 5) is 11.8. The Morgan fingerprint density at radius 3 is 2.47 bits per heavy atom. The van der Waals surface area contributed by atoms with Crippen LogP contribution in [0.5, 0.6) is 0 Å². The molecule has 1 aliphatic carbocycles. The zero-order chi connectivity index (χ0) is 12.9. The predicted octanol–water partition coefficient (Wildman–Crippen LogP) is 2.48. The molecule has 17 heavy (non-hydrogen) atoms. The van der Waals surface area contributed by atoms with Gasteiger partial charge in [-0.15, -0.1) is 0 Å². The molecule has 0 bridgehead atoms. The average Bonchev–Trinajstić information content (AvgIpc) is 2.30. The van der Waals surface area contributed by atoms with Gasteiger partial charge < -0.3 is 10.4 Å². The minimum Gasteiger partial charge on any atom is -0.394 e. The van der Waals surface area contributed by atoms with Gasteiger partial charge in [0.25, 0.3) is 0 Å². The Balaban J connectivity index is 2.43. The molecule has 0 radical (unpaired) electrons. The lowest BCUT2D eigenvalue weighted by Crippen LogP contribution is -2.53. The summed E-state index contributed by atoms with van der Waals surface area (Å²) < 4.78 is 0. The van der Waals surface area contributed by atoms with Crippen molar-refractivity contribution in [1.29, 1.82) is 0 Å². The normalized spacial score (nSPS) is 29.4. The van der Waals surface area contributed by atoms with Crippen LogP contribution in [-0.4, -0.2) is 23.2 Å². The topological polar surface area (TPSA) is 49.3 Å². The molecule has 1 amide bonds. The largest absolute Gasteiger partial charge is 0.394 e. The van der Waals surface area contributed by atoms with Gasteiger partial charge in [-0.25, -0.2) is 0 Å². The highest BCUT2D eigenvalue weighted by Gasteiger charge is 2.34. The molecule has 0 aromatic heterocycles. The van der Waals surface area contributed by atoms with Crippen LogP contribution in [0.2, 0.25) is 0 Å². The first-order valence-electron chi connectivity index (χ1n) is 6.89. The molecule has 0 unspecified atom stereocenters. The summed E-state index contributed by atoms with van der Waals surface area (Å²) in [7, 11) is 0. The molecule has 0 heterocycles. The van der Waals surface area contributed by atoms with Gasteiger partial charge in [0, 0.05) is 6.42 Å². The number of carbonyl (C=O) groups excluding carboxylic acids is 1. The molecular weight excluding hydrogens is 214 g/mol. The summed E-state index contributed by atoms with van der Waals surface area (Å²) in [6.45, 7) is 6.56. The standard InChI is InChI=1S/C14H27NO2/c1-11(2)4-5-13(17)15-14(10-16)8-6-12(3)7-9-14/h11-12,16H,4-10H2,1-3H3,(H,15,17). The van der Waals surface area contributed by atoms with Gasteiger partial charge in [0.2, 0.25) is 5.91 Å². The van der Waals surface area contributed by atoms with Gasteiger partial charge in [-0.1, -0.05) is 20.8 Å². The van der Waals surface area contributed by atoms with Gasteiger partial charge in [0.15, 0.2) is 0 Å². The quantitative estimate of drug-likeness (QED) is 0.777. The summed E-state index contributed by atoms with van der Waals surface area (Å²) >= 11 is 0. The first kappa shape index (κ1) is 14.5. The molecule has 1 saturated carbocycles. The van der Waals surface area contributed by atoms with Crippen molar-refractivity contribution >= 4 is 5.91 Å². The van der Waals surface area contributed by atoms with E-state index in [1.54, 1.807) is 0 Å². The maximum Gasteiger partial charge on any atom is 0.220 e. The lowest BCUT2D eigenvalue weighted by Gasteiger charge is -2.38. The Hall–Kier alpha value is -0.570. The van der Waals surface area contributed by atoms with Crippen molar-refractivity contribution in [3.8, 4) is 0 Å². The van der Waals surface area contributed by atoms with E-state index in [-0.39, 0.29) is 18.1 Å². The summed E-state index contributed by atoms with van der Waals surface area (Å²) in [6, 6.07) is 0. The third-order valence-corrected chi connectivity index (χ3v) is 3.89. The van der Waals surface area contributed by atoms with Crippen LogP contribution in [0.4, 0.5) is 0 Å². The number of rotatable bonds is 5. The number of amides is 1. The molecule has 0 atom stereocenters. The van der Waals surface area contributed by atoms with Crippen molar-refractivity contribution in [3.05, 3.63) is 0 Å². The smallest absolute Gasteiger partial charge is 0.220 e. The van der Waals surface area contributed by atoms with Crippen molar-refractivity contribution in [2.45, 2.75) is 64.8 Å². The minimum absolute atomic E-state index is 0.0765. The third kappa shape index (κ3) is 4.66. The number of nitrogens with one attached hydrogen (secondary N) is 1. The van der Waals surface area contributed by atoms with E-state index in [9.17, 15) is 9.90 Å². The zero-order valence-corrected chi connectivity index (χ0v) is 11.5. The van der Waals surface area contributed by atoms with Crippen molar-refractivity contribution in [2.75, 3.05) is 6.61 Å². The molecule has 0 saturated heterocycles. The van der Waals surface area contributed by atoms with Crippen LogP contribution in [0, 0.1) is 11.8 Å². The van der Waals surface area contributed by atoms with Gasteiger partial charge in [0.05, 0.1) is 12.1 Å². The van der Waals surface area contributed by atoms with Crippen molar-refractivity contribution in [2.24, 2.45) is 11.8 Å². The van der Waals surface area contributed by atoms with Gasteiger partial charge >= 0.3 is 0 Å². The summed E-state index contributed by atoms with van der Waals surface area (Å²) in [5.41, 5.74) is -0.333. The maximum atomic E-state index is 11.8. The molecule has 3 heteroatoms. The van der Waals surface area contributed by atoms with Crippen molar-refractivity contribution in [3.63, 3.8) is 0 Å². The number of carbonyl (C=O) groups is 1. The molecule has 1 fully saturated rings. The highest BCUT2D eigenvalue weighted by Crippen LogP contribution is 2.31. The van der Waals surface area contributed by atoms with Crippen LogP contribution in [0.25, 0.3) is 0 Å². The number of aliphatic hydroxyl groups excluding tert-OH is 1. The van der Waals surface area contributed by atoms with Crippen molar-refractivity contribution < 1.29 is 9.90 Å². The monoisotopic (exact) mass is 241 g/mol. The molecule has 3 nitrogen and oxygen atoms in total. The highest BCUT2D eigenvalue weighted by atomic mass is 16.3. The fraction of sp³-hybridized carbons (Fsp3) is 0.929. The molecule has 0 spiro atoms. The lowest BCUT2D eigenvalue weighted by molar-refractivity contribution is -0.124. The Kier molecular flexibility index (Phi) is 5.44. The Morgan fingerprint density at radius 2 is 2.00 bits per heavy atom. The Labute approximate surface area is 105 Å². The summed E-state index contributed by atoms with van der Waals surface area (Å²) in [6.07, 6.45) is 5.53. The van der Waals surface area contributed by atoms with Gasteiger partial charge in [-0.05, 0) is 43.9 Å². The van der Waals surface area contributed by atoms with Gasteiger partial charge in [-0.2, -0.15) is 0 Å². The van der Waals surface area contributed by atoms with Crippen LogP contribution >= 0.6 is 0 Å². The lowest BCUT2D eigenvalue weighted by atomic mass is 9.77. The highest BCUT2D eigenvalue weighted by molar-refractivity contribution is 5.76. The number of aliphatic hydroxyl groups is 1. The average molecular weight is 241 g/mol. The van der Waals surface area contributed by atoms with E-state index in [0.29, 0.717) is 12.3 Å². The molecule has 0 aromatic carbocycles. The molecule has 1 rings (SSSR count). The minimum atomic E-state index is -0.333. The molecule has 100 valence electrons. The maximum absolute atomic E-state index is 11.8. The fourth-order valence-corrected chi connectivity index (χ4v) is 2.42. The number of hydrogen-bond acceptors (Lipinski definition) is 2. The first-order chi connectivity index (χ1) is 7.97. The van der Waals surface area contributed by atoms with E-state index in [0.717, 1.165) is 38.0 Å². The Morgan fingerprint density at radius 1 is 1.41 bits per heavy atom. The fourth-order valence-electron chi connectivity index (χ4n) is 2.42. The van der Waals surface area contributed by atoms with E-state index < -0.39 is 0 Å². The molecule has 1 aliphatic rings. The molecule has 0 aromatic rings. The van der Waals surface area contributed by atoms with Crippen LogP contribution in [0.15, 0.2) is 0 Å². The predicted molar refractivity (Wildman–Crippen MR) is 69.7 cm³/mol. The Bertz CT molecular complexity index is 243. The first-order valence-corrected chi connectivity index (χ1v) is 6.89. The third-order valence-electron chi connectivity index (χ3n) is 3.89. The van der Waals surface area contributed by atoms with E-state index in [4.69, 9.17) is 0 Å². The van der Waals surface area contributed by atoms with E-state index in [1.165, 1.54) is 0 Å². The SMILES string of the molecule is CC(C)CCC(=O)NC1(CO)CCC(C)CC1. The second-order valence-electron chi connectivity index (χ2n) is 6.10. The van der Waals surface area contributed by atoms with Crippen LogP contribution in [0.3, 0.4) is 0 Å². The summed E-state index contributed by atoms with van der Waals surface area (Å²) in [5.74, 6) is 1.38. The van der Waals surface area contributed by atoms with E-state index >= 15 is 0 Å². The molecular formula is C14H27NO2. The zero-order valence-electron chi connectivity index (χ0n) is 11.5. The van der Waals surface area contributed by atoms with Gasteiger partial charge in [0.1, 0.15) is 0 Å². The van der Waals surface area contributed by atoms with Crippen LogP contribution in [-0.2, 0) is 4.79 Å². The van der Waals surface area contributed by atoms with Crippen LogP contribution in [0.1, 0.15) is 59.3 Å². The second kappa shape index (κ2) is 6.39. The molecule has 0 aliphatic heterocycles.